The smallest absolute Gasteiger partial charge is 0.275 e. The van der Waals surface area contributed by atoms with Crippen LogP contribution in [0, 0.1) is 6.92 Å². The summed E-state index contributed by atoms with van der Waals surface area (Å²) in [6.45, 7) is 6.70. The van der Waals surface area contributed by atoms with Crippen LogP contribution in [0.25, 0.3) is 15.5 Å². The summed E-state index contributed by atoms with van der Waals surface area (Å²) in [6, 6.07) is 9.67. The number of piperazine rings is 1. The van der Waals surface area contributed by atoms with Crippen molar-refractivity contribution in [1.29, 1.82) is 0 Å². The van der Waals surface area contributed by atoms with E-state index in [0.29, 0.717) is 11.5 Å². The molecule has 3 heterocycles. The molecule has 0 saturated carbocycles. The van der Waals surface area contributed by atoms with Gasteiger partial charge in [0.15, 0.2) is 0 Å². The fourth-order valence-corrected chi connectivity index (χ4v) is 3.97. The minimum Gasteiger partial charge on any atom is -0.314 e. The van der Waals surface area contributed by atoms with E-state index in [1.807, 2.05) is 31.2 Å². The standard InChI is InChI=1S/C17H19N5OS/c1-12-4-2-3-5-14(12)16-20-22-15(23)10-13(19-17(22)24-16)11-21-8-6-18-7-9-21/h2-5,10,18H,6-9,11H2,1H3. The number of aromatic nitrogens is 3. The van der Waals surface area contributed by atoms with Gasteiger partial charge in [0.25, 0.3) is 5.56 Å². The molecule has 1 fully saturated rings. The predicted octanol–water partition coefficient (Wildman–Crippen LogP) is 1.53. The van der Waals surface area contributed by atoms with Crippen LogP contribution in [0.5, 0.6) is 0 Å². The topological polar surface area (TPSA) is 62.5 Å². The summed E-state index contributed by atoms with van der Waals surface area (Å²) in [5, 5.41) is 8.63. The SMILES string of the molecule is Cc1ccccc1-c1nn2c(=O)cc(CN3CCNCC3)nc2s1. The predicted molar refractivity (Wildman–Crippen MR) is 95.5 cm³/mol. The molecular weight excluding hydrogens is 322 g/mol. The van der Waals surface area contributed by atoms with Crippen LogP contribution in [-0.4, -0.2) is 45.7 Å². The third kappa shape index (κ3) is 2.98. The number of aryl methyl sites for hydroxylation is 1. The Balaban J connectivity index is 1.70. The molecule has 2 aromatic heterocycles. The molecule has 0 bridgehead atoms. The zero-order chi connectivity index (χ0) is 16.5. The second-order valence-corrected chi connectivity index (χ2v) is 6.98. The first-order chi connectivity index (χ1) is 11.7. The van der Waals surface area contributed by atoms with Gasteiger partial charge in [-0.3, -0.25) is 9.69 Å². The van der Waals surface area contributed by atoms with Crippen molar-refractivity contribution in [3.05, 3.63) is 51.9 Å². The molecule has 6 nitrogen and oxygen atoms in total. The molecule has 0 radical (unpaired) electrons. The third-order valence-corrected chi connectivity index (χ3v) is 5.21. The van der Waals surface area contributed by atoms with Crippen LogP contribution in [0.15, 0.2) is 35.1 Å². The van der Waals surface area contributed by atoms with Crippen LogP contribution < -0.4 is 10.9 Å². The molecule has 24 heavy (non-hydrogen) atoms. The second-order valence-electron chi connectivity index (χ2n) is 6.03. The Hall–Kier alpha value is -2.09. The number of rotatable bonds is 3. The van der Waals surface area contributed by atoms with Gasteiger partial charge in [-0.1, -0.05) is 35.6 Å². The van der Waals surface area contributed by atoms with E-state index in [1.54, 1.807) is 6.07 Å². The van der Waals surface area contributed by atoms with Crippen molar-refractivity contribution in [2.75, 3.05) is 26.2 Å². The Labute approximate surface area is 143 Å². The van der Waals surface area contributed by atoms with Gasteiger partial charge in [-0.25, -0.2) is 4.98 Å². The van der Waals surface area contributed by atoms with E-state index in [9.17, 15) is 4.79 Å². The quantitative estimate of drug-likeness (QED) is 0.783. The van der Waals surface area contributed by atoms with Crippen LogP contribution in [0.2, 0.25) is 0 Å². The first kappa shape index (κ1) is 15.4. The Morgan fingerprint density at radius 3 is 2.83 bits per heavy atom. The highest BCUT2D eigenvalue weighted by Crippen LogP contribution is 2.26. The van der Waals surface area contributed by atoms with Gasteiger partial charge in [-0.05, 0) is 12.5 Å². The first-order valence-electron chi connectivity index (χ1n) is 8.09. The summed E-state index contributed by atoms with van der Waals surface area (Å²) in [4.78, 5) is 20.0. The lowest BCUT2D eigenvalue weighted by Gasteiger charge is -2.26. The van der Waals surface area contributed by atoms with E-state index < -0.39 is 0 Å². The normalized spacial score (nSPS) is 15.9. The summed E-state index contributed by atoms with van der Waals surface area (Å²) in [5.41, 5.74) is 2.91. The summed E-state index contributed by atoms with van der Waals surface area (Å²) in [6.07, 6.45) is 0. The van der Waals surface area contributed by atoms with E-state index >= 15 is 0 Å². The van der Waals surface area contributed by atoms with E-state index in [1.165, 1.54) is 15.9 Å². The zero-order valence-corrected chi connectivity index (χ0v) is 14.3. The van der Waals surface area contributed by atoms with E-state index in [-0.39, 0.29) is 5.56 Å². The van der Waals surface area contributed by atoms with Crippen LogP contribution in [0.3, 0.4) is 0 Å². The molecule has 4 rings (SSSR count). The lowest BCUT2D eigenvalue weighted by atomic mass is 10.1. The minimum absolute atomic E-state index is 0.110. The first-order valence-corrected chi connectivity index (χ1v) is 8.91. The summed E-state index contributed by atoms with van der Waals surface area (Å²) in [7, 11) is 0. The van der Waals surface area contributed by atoms with Crippen molar-refractivity contribution in [2.45, 2.75) is 13.5 Å². The van der Waals surface area contributed by atoms with Crippen molar-refractivity contribution in [3.8, 4) is 10.6 Å². The molecule has 0 spiro atoms. The van der Waals surface area contributed by atoms with Crippen LogP contribution in [0.1, 0.15) is 11.3 Å². The fourth-order valence-electron chi connectivity index (χ4n) is 2.96. The van der Waals surface area contributed by atoms with E-state index in [4.69, 9.17) is 0 Å². The largest absolute Gasteiger partial charge is 0.314 e. The molecule has 124 valence electrons. The molecule has 1 saturated heterocycles. The molecule has 1 aliphatic rings. The number of hydrogen-bond acceptors (Lipinski definition) is 6. The van der Waals surface area contributed by atoms with Gasteiger partial charge in [0.05, 0.1) is 5.69 Å². The fraction of sp³-hybridized carbons (Fsp3) is 0.353. The summed E-state index contributed by atoms with van der Waals surface area (Å²) in [5.74, 6) is 0. The van der Waals surface area contributed by atoms with Crippen molar-refractivity contribution >= 4 is 16.3 Å². The van der Waals surface area contributed by atoms with Crippen molar-refractivity contribution < 1.29 is 0 Å². The van der Waals surface area contributed by atoms with Crippen LogP contribution in [-0.2, 0) is 6.54 Å². The number of benzene rings is 1. The highest BCUT2D eigenvalue weighted by atomic mass is 32.1. The lowest BCUT2D eigenvalue weighted by Crippen LogP contribution is -2.43. The number of hydrogen-bond donors (Lipinski definition) is 1. The van der Waals surface area contributed by atoms with Gasteiger partial charge in [0, 0.05) is 44.4 Å². The summed E-state index contributed by atoms with van der Waals surface area (Å²) >= 11 is 1.46. The van der Waals surface area contributed by atoms with Gasteiger partial charge >= 0.3 is 0 Å². The summed E-state index contributed by atoms with van der Waals surface area (Å²) < 4.78 is 1.41. The Bertz CT molecular complexity index is 926. The maximum atomic E-state index is 12.4. The maximum absolute atomic E-state index is 12.4. The van der Waals surface area contributed by atoms with Gasteiger partial charge in [0.1, 0.15) is 5.01 Å². The molecule has 0 amide bonds. The Kier molecular flexibility index (Phi) is 4.13. The molecule has 0 atom stereocenters. The van der Waals surface area contributed by atoms with E-state index in [2.05, 4.69) is 20.3 Å². The Morgan fingerprint density at radius 1 is 1.25 bits per heavy atom. The molecule has 7 heteroatoms. The van der Waals surface area contributed by atoms with Crippen molar-refractivity contribution in [1.82, 2.24) is 24.8 Å². The highest BCUT2D eigenvalue weighted by Gasteiger charge is 2.15. The average molecular weight is 341 g/mol. The maximum Gasteiger partial charge on any atom is 0.275 e. The van der Waals surface area contributed by atoms with Crippen LogP contribution >= 0.6 is 11.3 Å². The molecule has 1 aromatic carbocycles. The molecule has 0 unspecified atom stereocenters. The Morgan fingerprint density at radius 2 is 2.04 bits per heavy atom. The zero-order valence-electron chi connectivity index (χ0n) is 13.5. The molecule has 1 N–H and O–H groups in total. The molecule has 3 aromatic rings. The van der Waals surface area contributed by atoms with Crippen molar-refractivity contribution in [2.24, 2.45) is 0 Å². The molecular formula is C17H19N5OS. The van der Waals surface area contributed by atoms with Gasteiger partial charge in [0.2, 0.25) is 4.96 Å². The van der Waals surface area contributed by atoms with Crippen molar-refractivity contribution in [3.63, 3.8) is 0 Å². The number of nitrogens with zero attached hydrogens (tertiary/aromatic N) is 4. The highest BCUT2D eigenvalue weighted by molar-refractivity contribution is 7.19. The van der Waals surface area contributed by atoms with Gasteiger partial charge in [-0.2, -0.15) is 9.61 Å². The molecule has 1 aliphatic heterocycles. The van der Waals surface area contributed by atoms with Gasteiger partial charge in [-0.15, -0.1) is 0 Å². The van der Waals surface area contributed by atoms with E-state index in [0.717, 1.165) is 48.0 Å². The second kappa shape index (κ2) is 6.43. The third-order valence-electron chi connectivity index (χ3n) is 4.27. The average Bonchev–Trinajstić information content (AvgIpc) is 3.00. The number of nitrogens with one attached hydrogen (secondary N) is 1. The van der Waals surface area contributed by atoms with Gasteiger partial charge < -0.3 is 5.32 Å². The minimum atomic E-state index is -0.110. The lowest BCUT2D eigenvalue weighted by molar-refractivity contribution is 0.231. The van der Waals surface area contributed by atoms with Crippen LogP contribution in [0.4, 0.5) is 0 Å². The molecule has 0 aliphatic carbocycles. The number of fused-ring (bicyclic) bond motifs is 1. The monoisotopic (exact) mass is 341 g/mol.